The summed E-state index contributed by atoms with van der Waals surface area (Å²) in [7, 11) is 0. The summed E-state index contributed by atoms with van der Waals surface area (Å²) < 4.78 is 0. The van der Waals surface area contributed by atoms with Crippen molar-refractivity contribution in [3.8, 4) is 0 Å². The predicted molar refractivity (Wildman–Crippen MR) is 87.3 cm³/mol. The number of nitrogen functional groups attached to an aromatic ring is 1. The second-order valence-electron chi connectivity index (χ2n) is 5.34. The molecule has 0 atom stereocenters. The number of carbonyl (C=O) groups is 1. The Morgan fingerprint density at radius 1 is 1.38 bits per heavy atom. The number of nitrogens with zero attached hydrogens (tertiary/aromatic N) is 2. The molecule has 0 aliphatic rings. The molecule has 1 heterocycles. The molecule has 1 amide bonds. The van der Waals surface area contributed by atoms with E-state index in [1.165, 1.54) is 0 Å². The first-order valence-electron chi connectivity index (χ1n) is 7.19. The lowest BCUT2D eigenvalue weighted by molar-refractivity contribution is -0.120. The molecule has 5 nitrogen and oxygen atoms in total. The molecule has 112 valence electrons. The number of nitrogens with two attached hydrogens (primary N) is 1. The molecule has 5 heteroatoms. The van der Waals surface area contributed by atoms with Gasteiger partial charge < -0.3 is 16.0 Å². The molecular weight excluding hydrogens is 264 g/mol. The molecular formula is C16H22N4O. The number of pyridine rings is 1. The van der Waals surface area contributed by atoms with Crippen LogP contribution in [-0.2, 0) is 4.79 Å². The summed E-state index contributed by atoms with van der Waals surface area (Å²) in [6, 6.07) is 7.74. The van der Waals surface area contributed by atoms with Crippen molar-refractivity contribution in [1.82, 2.24) is 10.3 Å². The first kappa shape index (κ1) is 15.1. The van der Waals surface area contributed by atoms with Gasteiger partial charge in [-0.2, -0.15) is 0 Å². The van der Waals surface area contributed by atoms with Crippen molar-refractivity contribution in [3.05, 3.63) is 30.5 Å². The van der Waals surface area contributed by atoms with Crippen molar-refractivity contribution in [2.75, 3.05) is 23.7 Å². The Balaban J connectivity index is 2.32. The maximum atomic E-state index is 12.0. The first-order chi connectivity index (χ1) is 10.0. The van der Waals surface area contributed by atoms with Gasteiger partial charge in [0.15, 0.2) is 0 Å². The molecule has 3 N–H and O–H groups in total. The van der Waals surface area contributed by atoms with Crippen LogP contribution in [0.2, 0.25) is 0 Å². The number of amides is 1. The third kappa shape index (κ3) is 3.62. The fraction of sp³-hybridized carbons (Fsp3) is 0.375. The van der Waals surface area contributed by atoms with Gasteiger partial charge in [0.05, 0.1) is 12.1 Å². The van der Waals surface area contributed by atoms with E-state index in [-0.39, 0.29) is 11.9 Å². The first-order valence-corrected chi connectivity index (χ1v) is 7.19. The fourth-order valence-corrected chi connectivity index (χ4v) is 2.33. The maximum Gasteiger partial charge on any atom is 0.239 e. The minimum absolute atomic E-state index is 0.0206. The summed E-state index contributed by atoms with van der Waals surface area (Å²) in [5, 5.41) is 3.92. The van der Waals surface area contributed by atoms with E-state index in [0.29, 0.717) is 12.2 Å². The van der Waals surface area contributed by atoms with Crippen molar-refractivity contribution in [3.63, 3.8) is 0 Å². The smallest absolute Gasteiger partial charge is 0.239 e. The number of fused-ring (bicyclic) bond motifs is 1. The molecule has 0 bridgehead atoms. The zero-order chi connectivity index (χ0) is 15.4. The highest BCUT2D eigenvalue weighted by atomic mass is 16.2. The number of benzene rings is 1. The van der Waals surface area contributed by atoms with Crippen LogP contribution in [0.25, 0.3) is 10.9 Å². The summed E-state index contributed by atoms with van der Waals surface area (Å²) in [6.45, 7) is 7.02. The summed E-state index contributed by atoms with van der Waals surface area (Å²) >= 11 is 0. The number of likely N-dealkylation sites (N-methyl/N-ethyl adjacent to an activating group) is 1. The molecule has 21 heavy (non-hydrogen) atoms. The molecule has 0 saturated heterocycles. The third-order valence-corrected chi connectivity index (χ3v) is 3.25. The van der Waals surface area contributed by atoms with Crippen molar-refractivity contribution >= 4 is 28.2 Å². The Bertz CT molecular complexity index is 639. The van der Waals surface area contributed by atoms with E-state index in [1.54, 1.807) is 6.20 Å². The zero-order valence-corrected chi connectivity index (χ0v) is 12.8. The van der Waals surface area contributed by atoms with Gasteiger partial charge in [-0.05, 0) is 45.0 Å². The lowest BCUT2D eigenvalue weighted by Gasteiger charge is -2.24. The summed E-state index contributed by atoms with van der Waals surface area (Å²) in [6.07, 6.45) is 1.75. The largest absolute Gasteiger partial charge is 0.399 e. The number of rotatable bonds is 5. The van der Waals surface area contributed by atoms with Crippen LogP contribution in [0.4, 0.5) is 11.4 Å². The van der Waals surface area contributed by atoms with Crippen molar-refractivity contribution in [2.24, 2.45) is 0 Å². The van der Waals surface area contributed by atoms with Crippen molar-refractivity contribution < 1.29 is 4.79 Å². The van der Waals surface area contributed by atoms with Crippen molar-refractivity contribution in [1.29, 1.82) is 0 Å². The van der Waals surface area contributed by atoms with Crippen LogP contribution in [0.15, 0.2) is 30.5 Å². The predicted octanol–water partition coefficient (Wildman–Crippen LogP) is 2.17. The number of hydrogen-bond acceptors (Lipinski definition) is 4. The average molecular weight is 286 g/mol. The molecule has 0 fully saturated rings. The lowest BCUT2D eigenvalue weighted by atomic mass is 10.1. The number of hydrogen-bond donors (Lipinski definition) is 2. The Labute approximate surface area is 125 Å². The molecule has 0 radical (unpaired) electrons. The molecule has 2 rings (SSSR count). The minimum atomic E-state index is 0.0206. The van der Waals surface area contributed by atoms with Gasteiger partial charge in [-0.25, -0.2) is 0 Å². The van der Waals surface area contributed by atoms with Crippen LogP contribution in [0.3, 0.4) is 0 Å². The van der Waals surface area contributed by atoms with Gasteiger partial charge in [0.2, 0.25) is 5.91 Å². The normalized spacial score (nSPS) is 10.9. The van der Waals surface area contributed by atoms with Gasteiger partial charge in [-0.15, -0.1) is 0 Å². The SMILES string of the molecule is CCN(CC(=O)NC(C)C)c1ccnc2cc(N)ccc12. The molecule has 2 aromatic rings. The van der Waals surface area contributed by atoms with Crippen LogP contribution in [-0.4, -0.2) is 30.0 Å². The minimum Gasteiger partial charge on any atom is -0.399 e. The molecule has 0 aliphatic carbocycles. The van der Waals surface area contributed by atoms with E-state index in [9.17, 15) is 4.79 Å². The van der Waals surface area contributed by atoms with Gasteiger partial charge in [-0.1, -0.05) is 0 Å². The number of nitrogens with one attached hydrogen (secondary N) is 1. The fourth-order valence-electron chi connectivity index (χ4n) is 2.33. The van der Waals surface area contributed by atoms with Gasteiger partial charge in [0.25, 0.3) is 0 Å². The summed E-state index contributed by atoms with van der Waals surface area (Å²) in [5.74, 6) is 0.0206. The summed E-state index contributed by atoms with van der Waals surface area (Å²) in [4.78, 5) is 18.4. The molecule has 0 unspecified atom stereocenters. The quantitative estimate of drug-likeness (QED) is 0.826. The van der Waals surface area contributed by atoms with Crippen LogP contribution < -0.4 is 16.0 Å². The molecule has 0 saturated carbocycles. The number of carbonyl (C=O) groups excluding carboxylic acids is 1. The van der Waals surface area contributed by atoms with Crippen molar-refractivity contribution in [2.45, 2.75) is 26.8 Å². The van der Waals surface area contributed by atoms with Crippen LogP contribution in [0.5, 0.6) is 0 Å². The summed E-state index contributed by atoms with van der Waals surface area (Å²) in [5.41, 5.74) is 8.33. The maximum absolute atomic E-state index is 12.0. The van der Waals surface area contributed by atoms with Crippen LogP contribution in [0, 0.1) is 0 Å². The molecule has 0 aliphatic heterocycles. The van der Waals surface area contributed by atoms with Gasteiger partial charge in [0, 0.05) is 35.5 Å². The van der Waals surface area contributed by atoms with E-state index in [0.717, 1.165) is 23.1 Å². The number of aromatic nitrogens is 1. The average Bonchev–Trinajstić information content (AvgIpc) is 2.43. The highest BCUT2D eigenvalue weighted by Crippen LogP contribution is 2.26. The number of anilines is 2. The van der Waals surface area contributed by atoms with E-state index in [2.05, 4.69) is 10.3 Å². The lowest BCUT2D eigenvalue weighted by Crippen LogP contribution is -2.40. The van der Waals surface area contributed by atoms with Crippen LogP contribution >= 0.6 is 0 Å². The van der Waals surface area contributed by atoms with Gasteiger partial charge in [0.1, 0.15) is 0 Å². The highest BCUT2D eigenvalue weighted by molar-refractivity contribution is 5.94. The van der Waals surface area contributed by atoms with E-state index >= 15 is 0 Å². The Morgan fingerprint density at radius 2 is 2.14 bits per heavy atom. The van der Waals surface area contributed by atoms with E-state index < -0.39 is 0 Å². The van der Waals surface area contributed by atoms with E-state index in [1.807, 2.05) is 49.9 Å². The second-order valence-corrected chi connectivity index (χ2v) is 5.34. The Kier molecular flexibility index (Phi) is 4.62. The zero-order valence-electron chi connectivity index (χ0n) is 12.8. The molecule has 0 spiro atoms. The Morgan fingerprint density at radius 3 is 2.81 bits per heavy atom. The van der Waals surface area contributed by atoms with Crippen LogP contribution in [0.1, 0.15) is 20.8 Å². The molecule has 1 aromatic carbocycles. The van der Waals surface area contributed by atoms with Gasteiger partial charge >= 0.3 is 0 Å². The highest BCUT2D eigenvalue weighted by Gasteiger charge is 2.13. The second kappa shape index (κ2) is 6.43. The van der Waals surface area contributed by atoms with Gasteiger partial charge in [-0.3, -0.25) is 9.78 Å². The standard InChI is InChI=1S/C16H22N4O/c1-4-20(10-16(21)19-11(2)3)15-7-8-18-14-9-12(17)5-6-13(14)15/h5-9,11H,4,10,17H2,1-3H3,(H,19,21). The third-order valence-electron chi connectivity index (χ3n) is 3.25. The Hall–Kier alpha value is -2.30. The van der Waals surface area contributed by atoms with E-state index in [4.69, 9.17) is 5.73 Å². The molecule has 1 aromatic heterocycles. The topological polar surface area (TPSA) is 71.2 Å². The monoisotopic (exact) mass is 286 g/mol.